The van der Waals surface area contributed by atoms with Crippen molar-refractivity contribution >= 4 is 43.9 Å². The van der Waals surface area contributed by atoms with E-state index >= 15 is 0 Å². The van der Waals surface area contributed by atoms with Gasteiger partial charge in [-0.1, -0.05) is 121 Å². The fraction of sp³-hybridized carbons (Fsp3) is 0. The van der Waals surface area contributed by atoms with Gasteiger partial charge in [-0.25, -0.2) is 0 Å². The molecule has 0 N–H and O–H groups in total. The molecule has 0 aliphatic rings. The Bertz CT molecular complexity index is 2180. The number of fused-ring (bicyclic) bond motifs is 6. The second kappa shape index (κ2) is 19.2. The number of nitrogens with zero attached hydrogens (tertiary/aromatic N) is 6. The van der Waals surface area contributed by atoms with Gasteiger partial charge in [0, 0.05) is 12.4 Å². The van der Waals surface area contributed by atoms with Crippen molar-refractivity contribution in [2.45, 2.75) is 0 Å². The first-order valence-electron chi connectivity index (χ1n) is 16.1. The Labute approximate surface area is 331 Å². The van der Waals surface area contributed by atoms with Gasteiger partial charge in [-0.15, -0.1) is 71.8 Å². The van der Waals surface area contributed by atoms with Crippen molar-refractivity contribution in [3.8, 4) is 22.5 Å². The van der Waals surface area contributed by atoms with Crippen molar-refractivity contribution in [2.75, 3.05) is 0 Å². The summed E-state index contributed by atoms with van der Waals surface area (Å²) in [7, 11) is 0. The molecule has 0 amide bonds. The maximum atomic E-state index is 4.40. The summed E-state index contributed by atoms with van der Waals surface area (Å²) < 4.78 is 0. The summed E-state index contributed by atoms with van der Waals surface area (Å²) in [6, 6.07) is 57.8. The van der Waals surface area contributed by atoms with Gasteiger partial charge in [0.25, 0.3) is 0 Å². The van der Waals surface area contributed by atoms with E-state index in [-0.39, 0.29) is 42.1 Å². The Morgan fingerprint density at radius 1 is 0.346 bits per heavy atom. The number of benzene rings is 4. The van der Waals surface area contributed by atoms with Gasteiger partial charge in [-0.2, -0.15) is 0 Å². The SMILES string of the molecule is [Pt+2].[Pt+2].[c-]1ccccc1-c1ccccn1.[c-]1ccccc1-c1ccccn1.c1ccc2c(c1)[n-]c1ncccc12.c1ccc2c(c1)[n-]c1ncccc12. The van der Waals surface area contributed by atoms with Crippen LogP contribution in [0, 0.1) is 12.1 Å². The topological polar surface area (TPSA) is 79.8 Å². The van der Waals surface area contributed by atoms with Crippen LogP contribution in [0.1, 0.15) is 0 Å². The summed E-state index contributed by atoms with van der Waals surface area (Å²) in [6.45, 7) is 0. The predicted octanol–water partition coefficient (Wildman–Crippen LogP) is 9.78. The minimum Gasteiger partial charge on any atom is -0.442 e. The quantitative estimate of drug-likeness (QED) is 0.161. The van der Waals surface area contributed by atoms with Crippen LogP contribution in [0.15, 0.2) is 183 Å². The summed E-state index contributed by atoms with van der Waals surface area (Å²) in [5.74, 6) is 0. The minimum absolute atomic E-state index is 0. The minimum atomic E-state index is 0. The van der Waals surface area contributed by atoms with Gasteiger partial charge in [-0.05, 0) is 56.1 Å². The molecule has 6 aromatic heterocycles. The third-order valence-corrected chi connectivity index (χ3v) is 7.71. The Hall–Kier alpha value is -5.54. The van der Waals surface area contributed by atoms with Gasteiger partial charge in [0.15, 0.2) is 0 Å². The molecule has 0 aliphatic heterocycles. The van der Waals surface area contributed by atoms with Crippen molar-refractivity contribution < 1.29 is 42.1 Å². The summed E-state index contributed by atoms with van der Waals surface area (Å²) >= 11 is 0. The molecule has 0 bridgehead atoms. The molecule has 0 saturated heterocycles. The first-order chi connectivity index (χ1) is 24.8. The van der Waals surface area contributed by atoms with Crippen LogP contribution in [-0.4, -0.2) is 19.9 Å². The molecule has 0 atom stereocenters. The smallest absolute Gasteiger partial charge is 0.442 e. The first-order valence-corrected chi connectivity index (χ1v) is 16.1. The fourth-order valence-electron chi connectivity index (χ4n) is 5.37. The largest absolute Gasteiger partial charge is 2.00 e. The van der Waals surface area contributed by atoms with Crippen LogP contribution < -0.4 is 9.97 Å². The van der Waals surface area contributed by atoms with Gasteiger partial charge in [0.1, 0.15) is 0 Å². The van der Waals surface area contributed by atoms with Crippen molar-refractivity contribution in [3.63, 3.8) is 0 Å². The van der Waals surface area contributed by atoms with Crippen LogP contribution in [0.5, 0.6) is 0 Å². The molecule has 6 nitrogen and oxygen atoms in total. The molecule has 8 heteroatoms. The third-order valence-electron chi connectivity index (χ3n) is 7.71. The molecule has 256 valence electrons. The van der Waals surface area contributed by atoms with E-state index < -0.39 is 0 Å². The van der Waals surface area contributed by atoms with E-state index in [0.717, 1.165) is 55.6 Å². The average Bonchev–Trinajstić information content (AvgIpc) is 3.79. The maximum absolute atomic E-state index is 4.40. The summed E-state index contributed by atoms with van der Waals surface area (Å²) in [6.07, 6.45) is 7.12. The molecule has 0 aliphatic carbocycles. The Kier molecular flexibility index (Phi) is 13.9. The number of pyridine rings is 4. The number of hydrogen-bond donors (Lipinski definition) is 0. The zero-order valence-corrected chi connectivity index (χ0v) is 32.2. The molecule has 4 aromatic carbocycles. The molecule has 0 radical (unpaired) electrons. The zero-order chi connectivity index (χ0) is 33.8. The van der Waals surface area contributed by atoms with Crippen LogP contribution in [0.25, 0.3) is 66.4 Å². The van der Waals surface area contributed by atoms with Crippen LogP contribution in [-0.2, 0) is 42.1 Å². The van der Waals surface area contributed by atoms with E-state index in [2.05, 4.69) is 66.3 Å². The molecule has 0 spiro atoms. The van der Waals surface area contributed by atoms with E-state index in [4.69, 9.17) is 0 Å². The van der Waals surface area contributed by atoms with E-state index in [9.17, 15) is 0 Å². The molecule has 0 fully saturated rings. The zero-order valence-electron chi connectivity index (χ0n) is 27.6. The van der Waals surface area contributed by atoms with E-state index in [0.29, 0.717) is 0 Å². The number of aromatic nitrogens is 6. The van der Waals surface area contributed by atoms with E-state index in [1.54, 1.807) is 24.8 Å². The molecule has 0 unspecified atom stereocenters. The monoisotopic (exact) mass is 1030 g/mol. The van der Waals surface area contributed by atoms with Crippen LogP contribution in [0.2, 0.25) is 0 Å². The maximum Gasteiger partial charge on any atom is 2.00 e. The second-order valence-corrected chi connectivity index (χ2v) is 11.0. The van der Waals surface area contributed by atoms with Gasteiger partial charge in [0.2, 0.25) is 0 Å². The van der Waals surface area contributed by atoms with E-state index in [1.807, 2.05) is 133 Å². The van der Waals surface area contributed by atoms with Crippen LogP contribution in [0.4, 0.5) is 0 Å². The molecule has 52 heavy (non-hydrogen) atoms. The standard InChI is InChI=1S/2C11H7N2.2C11H8N.2Pt/c2*1-2-6-10-8(4-1)9-5-3-7-12-11(9)13-10;2*1-2-6-10(7-3-1)11-8-4-5-9-12-11;;/h2*1-7H;2*1-6,8-9H;;/q4*-1;2*+2. The predicted molar refractivity (Wildman–Crippen MR) is 202 cm³/mol. The normalized spacial score (nSPS) is 10.0. The second-order valence-electron chi connectivity index (χ2n) is 11.0. The van der Waals surface area contributed by atoms with Gasteiger partial charge >= 0.3 is 42.1 Å². The Morgan fingerprint density at radius 3 is 1.13 bits per heavy atom. The molecule has 0 saturated carbocycles. The van der Waals surface area contributed by atoms with Crippen molar-refractivity contribution in [3.05, 3.63) is 195 Å². The number of para-hydroxylation sites is 2. The van der Waals surface area contributed by atoms with Gasteiger partial charge < -0.3 is 29.9 Å². The fourth-order valence-corrected chi connectivity index (χ4v) is 5.37. The van der Waals surface area contributed by atoms with Gasteiger partial charge in [0.05, 0.1) is 0 Å². The van der Waals surface area contributed by atoms with Crippen LogP contribution in [0.3, 0.4) is 0 Å². The average molecular weight is 1030 g/mol. The van der Waals surface area contributed by atoms with E-state index in [1.165, 1.54) is 10.8 Å². The number of rotatable bonds is 2. The summed E-state index contributed by atoms with van der Waals surface area (Å²) in [4.78, 5) is 25.7. The van der Waals surface area contributed by atoms with Gasteiger partial charge in [-0.3, -0.25) is 0 Å². The molecular formula is C44H30N6Pt2. The number of hydrogen-bond acceptors (Lipinski definition) is 4. The molecule has 10 aromatic rings. The van der Waals surface area contributed by atoms with Crippen molar-refractivity contribution in [1.82, 2.24) is 29.9 Å². The Morgan fingerprint density at radius 2 is 0.731 bits per heavy atom. The van der Waals surface area contributed by atoms with Crippen molar-refractivity contribution in [1.29, 1.82) is 0 Å². The Balaban J connectivity index is 0.000000132. The first kappa shape index (κ1) is 37.7. The summed E-state index contributed by atoms with van der Waals surface area (Å²) in [5, 5.41) is 4.65. The molecule has 6 heterocycles. The molecule has 10 rings (SSSR count). The summed E-state index contributed by atoms with van der Waals surface area (Å²) in [5.41, 5.74) is 7.74. The third kappa shape index (κ3) is 9.41. The van der Waals surface area contributed by atoms with Crippen LogP contribution >= 0.6 is 0 Å². The molecular weight excluding hydrogens is 1000 g/mol. The van der Waals surface area contributed by atoms with Crippen molar-refractivity contribution in [2.24, 2.45) is 0 Å².